The lowest BCUT2D eigenvalue weighted by molar-refractivity contribution is -0.131. The molecule has 1 N–H and O–H groups in total. The van der Waals surface area contributed by atoms with Crippen molar-refractivity contribution in [2.24, 2.45) is 5.92 Å². The molecule has 0 unspecified atom stereocenters. The number of benzene rings is 1. The molecule has 2 amide bonds. The van der Waals surface area contributed by atoms with E-state index in [0.717, 1.165) is 18.4 Å². The highest BCUT2D eigenvalue weighted by Crippen LogP contribution is 2.20. The maximum Gasteiger partial charge on any atom is 0.308 e. The lowest BCUT2D eigenvalue weighted by atomic mass is 9.96. The summed E-state index contributed by atoms with van der Waals surface area (Å²) in [6.07, 6.45) is 3.30. The fourth-order valence-corrected chi connectivity index (χ4v) is 2.94. The summed E-state index contributed by atoms with van der Waals surface area (Å²) in [7, 11) is 0. The van der Waals surface area contributed by atoms with Gasteiger partial charge in [-0.3, -0.25) is 14.4 Å². The minimum atomic E-state index is -0.412. The molecule has 0 saturated carbocycles. The molecule has 0 aliphatic carbocycles. The first-order valence-corrected chi connectivity index (χ1v) is 8.85. The largest absolute Gasteiger partial charge is 0.427 e. The van der Waals surface area contributed by atoms with E-state index in [9.17, 15) is 14.4 Å². The van der Waals surface area contributed by atoms with Crippen LogP contribution in [0, 0.1) is 5.92 Å². The molecule has 1 fully saturated rings. The first-order chi connectivity index (χ1) is 12.3. The zero-order valence-electron chi connectivity index (χ0n) is 15.6. The Hall–Kier alpha value is -2.63. The number of likely N-dealkylation sites (tertiary alicyclic amines) is 1. The molecule has 0 aromatic heterocycles. The van der Waals surface area contributed by atoms with Gasteiger partial charge in [-0.2, -0.15) is 0 Å². The van der Waals surface area contributed by atoms with Crippen LogP contribution in [0.1, 0.15) is 44.0 Å². The number of carbonyl (C=O) groups excluding carboxylic acids is 3. The molecule has 140 valence electrons. The first-order valence-electron chi connectivity index (χ1n) is 8.85. The Kier molecular flexibility index (Phi) is 6.95. The van der Waals surface area contributed by atoms with Gasteiger partial charge in [0.25, 0.3) is 5.91 Å². The molecule has 26 heavy (non-hydrogen) atoms. The van der Waals surface area contributed by atoms with Crippen LogP contribution in [0.4, 0.5) is 0 Å². The summed E-state index contributed by atoms with van der Waals surface area (Å²) in [5, 5.41) is 2.92. The third-order valence-electron chi connectivity index (χ3n) is 4.23. The van der Waals surface area contributed by atoms with Gasteiger partial charge >= 0.3 is 5.97 Å². The van der Waals surface area contributed by atoms with Gasteiger partial charge in [0.1, 0.15) is 5.75 Å². The zero-order valence-corrected chi connectivity index (χ0v) is 15.6. The maximum absolute atomic E-state index is 12.6. The number of allylic oxidation sites excluding steroid dienone is 1. The summed E-state index contributed by atoms with van der Waals surface area (Å²) >= 11 is 0. The van der Waals surface area contributed by atoms with Gasteiger partial charge in [0.15, 0.2) is 0 Å². The quantitative estimate of drug-likeness (QED) is 0.499. The maximum atomic E-state index is 12.6. The zero-order chi connectivity index (χ0) is 19.1. The lowest BCUT2D eigenvalue weighted by Gasteiger charge is -2.32. The van der Waals surface area contributed by atoms with Crippen LogP contribution in [-0.4, -0.2) is 42.3 Å². The topological polar surface area (TPSA) is 75.7 Å². The number of nitrogens with zero attached hydrogens (tertiary/aromatic N) is 1. The second-order valence-electron chi connectivity index (χ2n) is 6.82. The van der Waals surface area contributed by atoms with Crippen LogP contribution in [0.2, 0.25) is 0 Å². The summed E-state index contributed by atoms with van der Waals surface area (Å²) in [6.45, 7) is 7.04. The Morgan fingerprint density at radius 1 is 1.19 bits per heavy atom. The van der Waals surface area contributed by atoms with Crippen LogP contribution in [0.3, 0.4) is 0 Å². The smallest absolute Gasteiger partial charge is 0.308 e. The molecule has 2 rings (SSSR count). The molecular formula is C20H26N2O4. The van der Waals surface area contributed by atoms with Crippen molar-refractivity contribution < 1.29 is 19.1 Å². The van der Waals surface area contributed by atoms with Crippen molar-refractivity contribution >= 4 is 17.8 Å². The van der Waals surface area contributed by atoms with Crippen molar-refractivity contribution in [1.82, 2.24) is 10.2 Å². The van der Waals surface area contributed by atoms with E-state index < -0.39 is 5.97 Å². The number of esters is 1. The van der Waals surface area contributed by atoms with Gasteiger partial charge in [-0.1, -0.05) is 11.6 Å². The standard InChI is InChI=1S/C20H26N2O4/c1-14(2)11-19(24)21-13-16-7-9-22(10-8-16)20(25)17-5-4-6-18(12-17)26-15(3)23/h4-6,11-12,16H,7-10,13H2,1-3H3,(H,21,24). The second-order valence-corrected chi connectivity index (χ2v) is 6.82. The monoisotopic (exact) mass is 358 g/mol. The number of amides is 2. The van der Waals surface area contributed by atoms with E-state index in [1.54, 1.807) is 35.2 Å². The number of nitrogens with one attached hydrogen (secondary N) is 1. The Balaban J connectivity index is 1.85. The summed E-state index contributed by atoms with van der Waals surface area (Å²) < 4.78 is 5.04. The molecule has 0 atom stereocenters. The van der Waals surface area contributed by atoms with Crippen molar-refractivity contribution in [2.75, 3.05) is 19.6 Å². The lowest BCUT2D eigenvalue weighted by Crippen LogP contribution is -2.41. The molecule has 1 aromatic carbocycles. The Morgan fingerprint density at radius 3 is 2.50 bits per heavy atom. The Morgan fingerprint density at radius 2 is 1.88 bits per heavy atom. The average Bonchev–Trinajstić information content (AvgIpc) is 2.59. The van der Waals surface area contributed by atoms with Crippen LogP contribution in [-0.2, 0) is 9.59 Å². The van der Waals surface area contributed by atoms with E-state index >= 15 is 0 Å². The fraction of sp³-hybridized carbons (Fsp3) is 0.450. The molecule has 0 bridgehead atoms. The van der Waals surface area contributed by atoms with Crippen molar-refractivity contribution in [3.05, 3.63) is 41.5 Å². The van der Waals surface area contributed by atoms with Gasteiger partial charge < -0.3 is 15.0 Å². The van der Waals surface area contributed by atoms with E-state index in [2.05, 4.69) is 5.32 Å². The Bertz CT molecular complexity index is 700. The predicted octanol–water partition coefficient (Wildman–Crippen LogP) is 2.55. The highest BCUT2D eigenvalue weighted by atomic mass is 16.5. The van der Waals surface area contributed by atoms with E-state index in [1.165, 1.54) is 6.92 Å². The molecule has 0 spiro atoms. The molecule has 1 aliphatic rings. The highest BCUT2D eigenvalue weighted by molar-refractivity contribution is 5.94. The summed E-state index contributed by atoms with van der Waals surface area (Å²) in [5.74, 6) is 0.212. The number of piperidine rings is 1. The molecule has 0 radical (unpaired) electrons. The summed E-state index contributed by atoms with van der Waals surface area (Å²) in [4.78, 5) is 37.2. The van der Waals surface area contributed by atoms with E-state index in [-0.39, 0.29) is 11.8 Å². The van der Waals surface area contributed by atoms with Crippen molar-refractivity contribution in [2.45, 2.75) is 33.6 Å². The van der Waals surface area contributed by atoms with Crippen molar-refractivity contribution in [3.63, 3.8) is 0 Å². The summed E-state index contributed by atoms with van der Waals surface area (Å²) in [5.41, 5.74) is 1.48. The molecule has 6 heteroatoms. The van der Waals surface area contributed by atoms with Gasteiger partial charge in [0, 0.05) is 38.2 Å². The van der Waals surface area contributed by atoms with Crippen LogP contribution < -0.4 is 10.1 Å². The minimum absolute atomic E-state index is 0.0639. The van der Waals surface area contributed by atoms with Gasteiger partial charge in [0.05, 0.1) is 0 Å². The number of hydrogen-bond donors (Lipinski definition) is 1. The molecule has 1 saturated heterocycles. The van der Waals surface area contributed by atoms with E-state index in [0.29, 0.717) is 36.9 Å². The molecule has 1 heterocycles. The number of ether oxygens (including phenoxy) is 1. The highest BCUT2D eigenvalue weighted by Gasteiger charge is 2.24. The molecule has 6 nitrogen and oxygen atoms in total. The normalized spacial score (nSPS) is 14.5. The van der Waals surface area contributed by atoms with Crippen LogP contribution in [0.15, 0.2) is 35.9 Å². The number of rotatable bonds is 5. The minimum Gasteiger partial charge on any atom is -0.427 e. The molecule has 1 aromatic rings. The second kappa shape index (κ2) is 9.17. The number of hydrogen-bond acceptors (Lipinski definition) is 4. The van der Waals surface area contributed by atoms with Crippen molar-refractivity contribution in [3.8, 4) is 5.75 Å². The van der Waals surface area contributed by atoms with Crippen LogP contribution >= 0.6 is 0 Å². The molecular weight excluding hydrogens is 332 g/mol. The SMILES string of the molecule is CC(=O)Oc1cccc(C(=O)N2CCC(CNC(=O)C=C(C)C)CC2)c1. The third-order valence-corrected chi connectivity index (χ3v) is 4.23. The van der Waals surface area contributed by atoms with Gasteiger partial charge in [-0.15, -0.1) is 0 Å². The molecule has 1 aliphatic heterocycles. The predicted molar refractivity (Wildman–Crippen MR) is 98.8 cm³/mol. The van der Waals surface area contributed by atoms with Crippen molar-refractivity contribution in [1.29, 1.82) is 0 Å². The number of carbonyl (C=O) groups is 3. The van der Waals surface area contributed by atoms with Gasteiger partial charge in [0.2, 0.25) is 5.91 Å². The van der Waals surface area contributed by atoms with Crippen LogP contribution in [0.5, 0.6) is 5.75 Å². The third kappa shape index (κ3) is 6.02. The van der Waals surface area contributed by atoms with Gasteiger partial charge in [-0.05, 0) is 50.8 Å². The van der Waals surface area contributed by atoms with E-state index in [1.807, 2.05) is 13.8 Å². The first kappa shape index (κ1) is 19.7. The Labute approximate surface area is 154 Å². The van der Waals surface area contributed by atoms with Gasteiger partial charge in [-0.25, -0.2) is 0 Å². The summed E-state index contributed by atoms with van der Waals surface area (Å²) in [6, 6.07) is 6.67. The average molecular weight is 358 g/mol. The van der Waals surface area contributed by atoms with Crippen LogP contribution in [0.25, 0.3) is 0 Å². The fourth-order valence-electron chi connectivity index (χ4n) is 2.94. The van der Waals surface area contributed by atoms with E-state index in [4.69, 9.17) is 4.74 Å².